The van der Waals surface area contributed by atoms with Gasteiger partial charge in [0.05, 0.1) is 5.70 Å². The zero-order valence-electron chi connectivity index (χ0n) is 18.7. The minimum absolute atomic E-state index is 0.0863. The molecule has 0 radical (unpaired) electrons. The highest BCUT2D eigenvalue weighted by Gasteiger charge is 2.36. The van der Waals surface area contributed by atoms with Gasteiger partial charge in [-0.1, -0.05) is 56.3 Å². The molecule has 3 aromatic rings. The fourth-order valence-corrected chi connectivity index (χ4v) is 5.20. The number of benzene rings is 3. The Labute approximate surface area is 192 Å². The van der Waals surface area contributed by atoms with Crippen LogP contribution in [0.5, 0.6) is 11.5 Å². The van der Waals surface area contributed by atoms with Crippen molar-refractivity contribution in [2.45, 2.75) is 31.3 Å². The van der Waals surface area contributed by atoms with Crippen LogP contribution in [0.3, 0.4) is 0 Å². The Bertz CT molecular complexity index is 1360. The topological polar surface area (TPSA) is 94.9 Å². The fraction of sp³-hybridized carbons (Fsp3) is 0.222. The van der Waals surface area contributed by atoms with Crippen LogP contribution in [0.25, 0.3) is 16.8 Å². The molecule has 3 aliphatic rings. The number of ether oxygens (including phenoxy) is 2. The molecule has 0 bridgehead atoms. The summed E-state index contributed by atoms with van der Waals surface area (Å²) < 4.78 is 10.9. The third-order valence-electron chi connectivity index (χ3n) is 6.81. The SMILES string of the molecule is CC1(C)c2ccccc2-c2ccc(C3=CC(N)(Cc4ccc5c(c4)OCO5)NC(N)=N3)cc21. The molecular formula is C27H26N4O2. The minimum atomic E-state index is -0.883. The Balaban J connectivity index is 1.37. The van der Waals surface area contributed by atoms with Gasteiger partial charge in [-0.25, -0.2) is 4.99 Å². The van der Waals surface area contributed by atoms with E-state index in [1.807, 2.05) is 24.3 Å². The first-order valence-corrected chi connectivity index (χ1v) is 11.1. The van der Waals surface area contributed by atoms with Crippen LogP contribution >= 0.6 is 0 Å². The molecule has 1 aliphatic carbocycles. The molecule has 0 aromatic heterocycles. The second-order valence-electron chi connectivity index (χ2n) is 9.49. The van der Waals surface area contributed by atoms with E-state index in [1.54, 1.807) is 0 Å². The molecule has 6 nitrogen and oxygen atoms in total. The van der Waals surface area contributed by atoms with E-state index in [-0.39, 0.29) is 12.2 Å². The van der Waals surface area contributed by atoms with Crippen LogP contribution in [0.15, 0.2) is 71.7 Å². The van der Waals surface area contributed by atoms with Gasteiger partial charge in [-0.15, -0.1) is 0 Å². The zero-order valence-corrected chi connectivity index (χ0v) is 18.7. The van der Waals surface area contributed by atoms with Crippen molar-refractivity contribution in [2.24, 2.45) is 16.5 Å². The first-order chi connectivity index (χ1) is 15.8. The van der Waals surface area contributed by atoms with Crippen LogP contribution in [0.2, 0.25) is 0 Å². The molecule has 1 atom stereocenters. The molecule has 0 spiro atoms. The summed E-state index contributed by atoms with van der Waals surface area (Å²) in [6, 6.07) is 21.0. The smallest absolute Gasteiger partial charge is 0.231 e. The average molecular weight is 439 g/mol. The highest BCUT2D eigenvalue weighted by molar-refractivity contribution is 5.90. The van der Waals surface area contributed by atoms with Crippen LogP contribution in [0.4, 0.5) is 0 Å². The van der Waals surface area contributed by atoms with Crippen LogP contribution in [-0.4, -0.2) is 18.4 Å². The van der Waals surface area contributed by atoms with Gasteiger partial charge in [0, 0.05) is 17.4 Å². The molecule has 0 saturated heterocycles. The predicted molar refractivity (Wildman–Crippen MR) is 130 cm³/mol. The third kappa shape index (κ3) is 3.17. The molecule has 166 valence electrons. The maximum atomic E-state index is 6.77. The Morgan fingerprint density at radius 2 is 1.73 bits per heavy atom. The molecule has 6 rings (SSSR count). The minimum Gasteiger partial charge on any atom is -0.454 e. The lowest BCUT2D eigenvalue weighted by Gasteiger charge is -2.32. The van der Waals surface area contributed by atoms with Crippen molar-refractivity contribution in [3.63, 3.8) is 0 Å². The molecule has 33 heavy (non-hydrogen) atoms. The average Bonchev–Trinajstić information content (AvgIpc) is 3.33. The maximum Gasteiger partial charge on any atom is 0.231 e. The number of hydrogen-bond acceptors (Lipinski definition) is 6. The lowest BCUT2D eigenvalue weighted by molar-refractivity contribution is 0.174. The number of fused-ring (bicyclic) bond motifs is 4. The number of nitrogens with two attached hydrogens (primary N) is 2. The van der Waals surface area contributed by atoms with Crippen molar-refractivity contribution in [3.8, 4) is 22.6 Å². The second-order valence-corrected chi connectivity index (χ2v) is 9.49. The largest absolute Gasteiger partial charge is 0.454 e. The molecule has 3 aromatic carbocycles. The first kappa shape index (κ1) is 19.9. The van der Waals surface area contributed by atoms with Gasteiger partial charge in [0.2, 0.25) is 6.79 Å². The predicted octanol–water partition coefficient (Wildman–Crippen LogP) is 3.88. The normalized spacial score (nSPS) is 21.5. The summed E-state index contributed by atoms with van der Waals surface area (Å²) in [5, 5.41) is 3.15. The van der Waals surface area contributed by atoms with E-state index in [2.05, 4.69) is 66.6 Å². The van der Waals surface area contributed by atoms with Crippen LogP contribution in [0, 0.1) is 0 Å². The van der Waals surface area contributed by atoms with E-state index >= 15 is 0 Å². The van der Waals surface area contributed by atoms with E-state index < -0.39 is 5.66 Å². The molecule has 0 saturated carbocycles. The van der Waals surface area contributed by atoms with Gasteiger partial charge in [0.25, 0.3) is 0 Å². The van der Waals surface area contributed by atoms with Gasteiger partial charge in [0.1, 0.15) is 5.66 Å². The number of aliphatic imine (C=N–C) groups is 1. The van der Waals surface area contributed by atoms with Gasteiger partial charge >= 0.3 is 0 Å². The van der Waals surface area contributed by atoms with Crippen LogP contribution < -0.4 is 26.3 Å². The summed E-state index contributed by atoms with van der Waals surface area (Å²) in [5.41, 5.74) is 20.0. The molecule has 0 fully saturated rings. The lowest BCUT2D eigenvalue weighted by Crippen LogP contribution is -2.59. The Kier molecular flexibility index (Phi) is 4.13. The second kappa shape index (κ2) is 6.86. The summed E-state index contributed by atoms with van der Waals surface area (Å²) in [4.78, 5) is 4.59. The van der Waals surface area contributed by atoms with Gasteiger partial charge < -0.3 is 26.3 Å². The van der Waals surface area contributed by atoms with Gasteiger partial charge in [0.15, 0.2) is 17.5 Å². The maximum absolute atomic E-state index is 6.77. The summed E-state index contributed by atoms with van der Waals surface area (Å²) in [6.07, 6.45) is 2.48. The highest BCUT2D eigenvalue weighted by Crippen LogP contribution is 2.49. The van der Waals surface area contributed by atoms with Crippen molar-refractivity contribution in [1.29, 1.82) is 0 Å². The number of nitrogens with zero attached hydrogens (tertiary/aromatic N) is 1. The lowest BCUT2D eigenvalue weighted by atomic mass is 9.81. The van der Waals surface area contributed by atoms with E-state index in [9.17, 15) is 0 Å². The standard InChI is InChI=1S/C27H26N4O2/c1-26(2)20-6-4-3-5-18(20)19-9-8-17(12-21(19)26)22-14-27(29,31-25(28)30-22)13-16-7-10-23-24(11-16)33-15-32-23/h3-12,14H,13,15,29H2,1-2H3,(H3,28,30,31). The quantitative estimate of drug-likeness (QED) is 0.577. The van der Waals surface area contributed by atoms with Crippen molar-refractivity contribution >= 4 is 11.7 Å². The summed E-state index contributed by atoms with van der Waals surface area (Å²) in [5.74, 6) is 1.79. The first-order valence-electron chi connectivity index (χ1n) is 11.1. The highest BCUT2D eigenvalue weighted by atomic mass is 16.7. The molecule has 6 heteroatoms. The van der Waals surface area contributed by atoms with Crippen molar-refractivity contribution in [3.05, 3.63) is 89.0 Å². The van der Waals surface area contributed by atoms with E-state index in [1.165, 1.54) is 22.3 Å². The van der Waals surface area contributed by atoms with Gasteiger partial charge in [-0.05, 0) is 52.1 Å². The Hall–Kier alpha value is -3.77. The molecule has 2 aliphatic heterocycles. The molecule has 1 unspecified atom stereocenters. The van der Waals surface area contributed by atoms with E-state index in [0.29, 0.717) is 12.4 Å². The number of nitrogens with one attached hydrogen (secondary N) is 1. The van der Waals surface area contributed by atoms with Crippen molar-refractivity contribution < 1.29 is 9.47 Å². The van der Waals surface area contributed by atoms with Crippen LogP contribution in [0.1, 0.15) is 36.1 Å². The van der Waals surface area contributed by atoms with Crippen LogP contribution in [-0.2, 0) is 11.8 Å². The molecule has 0 amide bonds. The Morgan fingerprint density at radius 1 is 0.939 bits per heavy atom. The molecule has 5 N–H and O–H groups in total. The summed E-state index contributed by atoms with van der Waals surface area (Å²) >= 11 is 0. The zero-order chi connectivity index (χ0) is 22.8. The number of guanidine groups is 1. The third-order valence-corrected chi connectivity index (χ3v) is 6.81. The molecular weight excluding hydrogens is 412 g/mol. The summed E-state index contributed by atoms with van der Waals surface area (Å²) in [7, 11) is 0. The van der Waals surface area contributed by atoms with Gasteiger partial charge in [-0.3, -0.25) is 0 Å². The van der Waals surface area contributed by atoms with Crippen molar-refractivity contribution in [1.82, 2.24) is 5.32 Å². The van der Waals surface area contributed by atoms with E-state index in [0.717, 1.165) is 28.3 Å². The van der Waals surface area contributed by atoms with E-state index in [4.69, 9.17) is 20.9 Å². The monoisotopic (exact) mass is 438 g/mol. The Morgan fingerprint density at radius 3 is 2.61 bits per heavy atom. The molecule has 2 heterocycles. The number of rotatable bonds is 3. The number of hydrogen-bond donors (Lipinski definition) is 3. The fourth-order valence-electron chi connectivity index (χ4n) is 5.20. The van der Waals surface area contributed by atoms with Crippen molar-refractivity contribution in [2.75, 3.05) is 6.79 Å². The summed E-state index contributed by atoms with van der Waals surface area (Å²) in [6.45, 7) is 4.78. The van der Waals surface area contributed by atoms with Gasteiger partial charge in [-0.2, -0.15) is 0 Å².